The molecule has 0 bridgehead atoms. The van der Waals surface area contributed by atoms with Gasteiger partial charge in [0.05, 0.1) is 18.9 Å². The SMILES string of the molecule is Cn1cncc1C(=O)NCCn1cnc(C(=O)O)c1. The third-order valence-electron chi connectivity index (χ3n) is 2.56. The van der Waals surface area contributed by atoms with Crippen LogP contribution in [0.5, 0.6) is 0 Å². The predicted octanol–water partition coefficient (Wildman–Crippen LogP) is -0.255. The molecule has 0 radical (unpaired) electrons. The van der Waals surface area contributed by atoms with Gasteiger partial charge in [-0.15, -0.1) is 0 Å². The molecule has 2 rings (SSSR count). The zero-order chi connectivity index (χ0) is 13.8. The molecule has 19 heavy (non-hydrogen) atoms. The van der Waals surface area contributed by atoms with Crippen molar-refractivity contribution in [3.05, 3.63) is 36.4 Å². The van der Waals surface area contributed by atoms with E-state index in [1.165, 1.54) is 18.7 Å². The lowest BCUT2D eigenvalue weighted by Crippen LogP contribution is -2.28. The quantitative estimate of drug-likeness (QED) is 0.774. The van der Waals surface area contributed by atoms with Crippen LogP contribution in [-0.2, 0) is 13.6 Å². The van der Waals surface area contributed by atoms with E-state index < -0.39 is 5.97 Å². The Hall–Kier alpha value is -2.64. The van der Waals surface area contributed by atoms with Gasteiger partial charge in [0.2, 0.25) is 0 Å². The number of hydrogen-bond acceptors (Lipinski definition) is 4. The Kier molecular flexibility index (Phi) is 3.60. The maximum absolute atomic E-state index is 11.7. The van der Waals surface area contributed by atoms with Gasteiger partial charge in [-0.3, -0.25) is 4.79 Å². The first kappa shape index (κ1) is 12.8. The number of imidazole rings is 2. The van der Waals surface area contributed by atoms with E-state index in [9.17, 15) is 9.59 Å². The molecule has 0 aliphatic carbocycles. The van der Waals surface area contributed by atoms with Crippen molar-refractivity contribution >= 4 is 11.9 Å². The van der Waals surface area contributed by atoms with Crippen LogP contribution in [0.3, 0.4) is 0 Å². The van der Waals surface area contributed by atoms with Crippen molar-refractivity contribution in [2.24, 2.45) is 7.05 Å². The zero-order valence-corrected chi connectivity index (χ0v) is 10.3. The van der Waals surface area contributed by atoms with Crippen LogP contribution in [0.1, 0.15) is 21.0 Å². The summed E-state index contributed by atoms with van der Waals surface area (Å²) in [4.78, 5) is 29.9. The average molecular weight is 263 g/mol. The maximum Gasteiger partial charge on any atom is 0.356 e. The van der Waals surface area contributed by atoms with Crippen LogP contribution in [0, 0.1) is 0 Å². The molecule has 0 saturated heterocycles. The number of nitrogens with one attached hydrogen (secondary N) is 1. The molecular weight excluding hydrogens is 250 g/mol. The smallest absolute Gasteiger partial charge is 0.356 e. The van der Waals surface area contributed by atoms with E-state index in [2.05, 4.69) is 15.3 Å². The topological polar surface area (TPSA) is 102 Å². The second-order valence-corrected chi connectivity index (χ2v) is 3.95. The fourth-order valence-corrected chi connectivity index (χ4v) is 1.56. The summed E-state index contributed by atoms with van der Waals surface area (Å²) in [5.41, 5.74) is 0.454. The number of rotatable bonds is 5. The molecule has 8 heteroatoms. The summed E-state index contributed by atoms with van der Waals surface area (Å²) in [5.74, 6) is -1.30. The third-order valence-corrected chi connectivity index (χ3v) is 2.56. The van der Waals surface area contributed by atoms with Gasteiger partial charge >= 0.3 is 5.97 Å². The van der Waals surface area contributed by atoms with Gasteiger partial charge in [-0.2, -0.15) is 0 Å². The Morgan fingerprint density at radius 3 is 2.79 bits per heavy atom. The Morgan fingerprint density at radius 1 is 1.42 bits per heavy atom. The van der Waals surface area contributed by atoms with Crippen LogP contribution >= 0.6 is 0 Å². The summed E-state index contributed by atoms with van der Waals surface area (Å²) in [7, 11) is 1.73. The highest BCUT2D eigenvalue weighted by atomic mass is 16.4. The molecular formula is C11H13N5O3. The number of carboxylic acid groups (broad SMARTS) is 1. The van der Waals surface area contributed by atoms with Gasteiger partial charge in [-0.05, 0) is 0 Å². The molecule has 0 atom stereocenters. The molecule has 2 aromatic heterocycles. The largest absolute Gasteiger partial charge is 0.476 e. The van der Waals surface area contributed by atoms with Crippen LogP contribution in [0.25, 0.3) is 0 Å². The second-order valence-electron chi connectivity index (χ2n) is 3.95. The summed E-state index contributed by atoms with van der Waals surface area (Å²) >= 11 is 0. The highest BCUT2D eigenvalue weighted by molar-refractivity contribution is 5.92. The molecule has 0 spiro atoms. The van der Waals surface area contributed by atoms with Crippen molar-refractivity contribution < 1.29 is 14.7 Å². The van der Waals surface area contributed by atoms with Crippen LogP contribution in [0.4, 0.5) is 0 Å². The number of carbonyl (C=O) groups excluding carboxylic acids is 1. The number of nitrogens with zero attached hydrogens (tertiary/aromatic N) is 4. The molecule has 2 N–H and O–H groups in total. The fraction of sp³-hybridized carbons (Fsp3) is 0.273. The Bertz CT molecular complexity index is 601. The molecule has 8 nitrogen and oxygen atoms in total. The lowest BCUT2D eigenvalue weighted by Gasteiger charge is -2.05. The number of aromatic carboxylic acids is 1. The predicted molar refractivity (Wildman–Crippen MR) is 64.7 cm³/mol. The van der Waals surface area contributed by atoms with Crippen LogP contribution in [0.2, 0.25) is 0 Å². The van der Waals surface area contributed by atoms with Gasteiger partial charge in [0.1, 0.15) is 5.69 Å². The molecule has 0 aromatic carbocycles. The molecule has 0 fully saturated rings. The maximum atomic E-state index is 11.7. The Labute approximate surface area is 108 Å². The first-order chi connectivity index (χ1) is 9.08. The van der Waals surface area contributed by atoms with Crippen molar-refractivity contribution in [1.82, 2.24) is 24.4 Å². The molecule has 1 amide bonds. The minimum atomic E-state index is -1.07. The van der Waals surface area contributed by atoms with Crippen molar-refractivity contribution in [3.63, 3.8) is 0 Å². The lowest BCUT2D eigenvalue weighted by atomic mass is 10.4. The van der Waals surface area contributed by atoms with Crippen molar-refractivity contribution in [1.29, 1.82) is 0 Å². The number of hydrogen-bond donors (Lipinski definition) is 2. The first-order valence-electron chi connectivity index (χ1n) is 5.57. The van der Waals surface area contributed by atoms with E-state index >= 15 is 0 Å². The van der Waals surface area contributed by atoms with E-state index in [0.29, 0.717) is 18.8 Å². The number of carbonyl (C=O) groups is 2. The Morgan fingerprint density at radius 2 is 2.21 bits per heavy atom. The van der Waals surface area contributed by atoms with Gasteiger partial charge in [-0.25, -0.2) is 14.8 Å². The van der Waals surface area contributed by atoms with Gasteiger partial charge < -0.3 is 19.6 Å². The molecule has 0 saturated carbocycles. The summed E-state index contributed by atoms with van der Waals surface area (Å²) in [6.07, 6.45) is 5.86. The minimum absolute atomic E-state index is 0.0158. The molecule has 0 unspecified atom stereocenters. The summed E-state index contributed by atoms with van der Waals surface area (Å²) in [5, 5.41) is 11.4. The second kappa shape index (κ2) is 5.34. The van der Waals surface area contributed by atoms with Gasteiger partial charge in [0, 0.05) is 26.3 Å². The number of aromatic nitrogens is 4. The van der Waals surface area contributed by atoms with Gasteiger partial charge in [0.25, 0.3) is 5.91 Å². The zero-order valence-electron chi connectivity index (χ0n) is 10.3. The third kappa shape index (κ3) is 2.97. The molecule has 2 heterocycles. The minimum Gasteiger partial charge on any atom is -0.476 e. The van der Waals surface area contributed by atoms with E-state index in [-0.39, 0.29) is 11.6 Å². The standard InChI is InChI=1S/C11H13N5O3/c1-15-6-12-4-9(15)10(17)13-2-3-16-5-8(11(18)19)14-7-16/h4-7H,2-3H2,1H3,(H,13,17)(H,18,19). The highest BCUT2D eigenvalue weighted by Gasteiger charge is 2.09. The number of carboxylic acids is 1. The molecule has 100 valence electrons. The number of aryl methyl sites for hydroxylation is 1. The summed E-state index contributed by atoms with van der Waals surface area (Å²) in [6, 6.07) is 0. The van der Waals surface area contributed by atoms with Crippen LogP contribution in [-0.4, -0.2) is 42.6 Å². The Balaban J connectivity index is 1.85. The van der Waals surface area contributed by atoms with E-state index in [1.54, 1.807) is 22.5 Å². The lowest BCUT2D eigenvalue weighted by molar-refractivity contribution is 0.0690. The van der Waals surface area contributed by atoms with Crippen molar-refractivity contribution in [2.75, 3.05) is 6.54 Å². The van der Waals surface area contributed by atoms with E-state index in [0.717, 1.165) is 0 Å². The summed E-state index contributed by atoms with van der Waals surface area (Å²) < 4.78 is 3.22. The number of amides is 1. The molecule has 0 aliphatic rings. The van der Waals surface area contributed by atoms with Crippen LogP contribution < -0.4 is 5.32 Å². The molecule has 2 aromatic rings. The monoisotopic (exact) mass is 263 g/mol. The van der Waals surface area contributed by atoms with E-state index in [4.69, 9.17) is 5.11 Å². The fourth-order valence-electron chi connectivity index (χ4n) is 1.56. The van der Waals surface area contributed by atoms with Crippen LogP contribution in [0.15, 0.2) is 25.0 Å². The molecule has 0 aliphatic heterocycles. The highest BCUT2D eigenvalue weighted by Crippen LogP contribution is 1.97. The van der Waals surface area contributed by atoms with Crippen molar-refractivity contribution in [3.8, 4) is 0 Å². The van der Waals surface area contributed by atoms with Gasteiger partial charge in [-0.1, -0.05) is 0 Å². The summed E-state index contributed by atoms with van der Waals surface area (Å²) in [6.45, 7) is 0.823. The van der Waals surface area contributed by atoms with E-state index in [1.807, 2.05) is 0 Å². The average Bonchev–Trinajstić information content (AvgIpc) is 2.97. The van der Waals surface area contributed by atoms with Crippen molar-refractivity contribution in [2.45, 2.75) is 6.54 Å². The first-order valence-corrected chi connectivity index (χ1v) is 5.57. The van der Waals surface area contributed by atoms with Gasteiger partial charge in [0.15, 0.2) is 5.69 Å². The normalized spacial score (nSPS) is 10.4.